The maximum atomic E-state index is 10.7. The molecule has 0 aliphatic rings. The smallest absolute Gasteiger partial charge is 0.178 e. The van der Waals surface area contributed by atoms with Crippen molar-refractivity contribution in [2.75, 3.05) is 0 Å². The lowest BCUT2D eigenvalue weighted by Gasteiger charge is -2.00. The van der Waals surface area contributed by atoms with E-state index >= 15 is 0 Å². The van der Waals surface area contributed by atoms with Gasteiger partial charge in [0, 0.05) is 18.0 Å². The fraction of sp³-hybridized carbons (Fsp3) is 0.154. The van der Waals surface area contributed by atoms with Gasteiger partial charge in [-0.3, -0.25) is 4.79 Å². The van der Waals surface area contributed by atoms with Gasteiger partial charge < -0.3 is 0 Å². The molecule has 3 aromatic rings. The highest BCUT2D eigenvalue weighted by Gasteiger charge is 2.07. The molecule has 18 heavy (non-hydrogen) atoms. The van der Waals surface area contributed by atoms with Gasteiger partial charge in [-0.25, -0.2) is 9.50 Å². The molecule has 0 saturated heterocycles. The van der Waals surface area contributed by atoms with Gasteiger partial charge in [-0.15, -0.1) is 11.3 Å². The average molecular weight is 257 g/mol. The van der Waals surface area contributed by atoms with E-state index in [1.165, 1.54) is 16.9 Å². The molecule has 3 aromatic heterocycles. The molecule has 90 valence electrons. The molecule has 0 amide bonds. The largest absolute Gasteiger partial charge is 0.295 e. The van der Waals surface area contributed by atoms with Gasteiger partial charge in [0.25, 0.3) is 0 Å². The van der Waals surface area contributed by atoms with Crippen molar-refractivity contribution in [1.29, 1.82) is 0 Å². The lowest BCUT2D eigenvalue weighted by molar-refractivity contribution is 0.112. The summed E-state index contributed by atoms with van der Waals surface area (Å²) in [7, 11) is 0. The van der Waals surface area contributed by atoms with Crippen LogP contribution in [0.3, 0.4) is 0 Å². The first-order valence-corrected chi connectivity index (χ1v) is 6.51. The number of thiazole rings is 1. The second-order valence-corrected chi connectivity index (χ2v) is 5.01. The summed E-state index contributed by atoms with van der Waals surface area (Å²) in [4.78, 5) is 15.7. The minimum Gasteiger partial charge on any atom is -0.295 e. The van der Waals surface area contributed by atoms with E-state index in [2.05, 4.69) is 29.1 Å². The quantitative estimate of drug-likeness (QED) is 0.678. The predicted molar refractivity (Wildman–Crippen MR) is 71.1 cm³/mol. The topological polar surface area (TPSA) is 47.3 Å². The molecule has 0 saturated carbocycles. The molecule has 0 bridgehead atoms. The summed E-state index contributed by atoms with van der Waals surface area (Å²) in [5, 5.41) is 4.86. The van der Waals surface area contributed by atoms with Crippen LogP contribution in [0.25, 0.3) is 16.0 Å². The third-order valence-corrected chi connectivity index (χ3v) is 3.87. The standard InChI is InChI=1S/C13H11N3OS/c1-2-9-3-4-16-11(9)5-10(6-15-16)12-7-14-13(8-17)18-12/h3-8H,2H2,1H3. The molecular weight excluding hydrogens is 246 g/mol. The Labute approximate surface area is 108 Å². The van der Waals surface area contributed by atoms with Crippen LogP contribution in [0.4, 0.5) is 0 Å². The lowest BCUT2D eigenvalue weighted by Crippen LogP contribution is -1.90. The zero-order chi connectivity index (χ0) is 12.5. The second-order valence-electron chi connectivity index (χ2n) is 3.95. The Hall–Kier alpha value is -2.01. The number of aryl methyl sites for hydroxylation is 1. The SMILES string of the molecule is CCc1ccn2ncc(-c3cnc(C=O)s3)cc12. The van der Waals surface area contributed by atoms with Crippen molar-refractivity contribution >= 4 is 23.1 Å². The summed E-state index contributed by atoms with van der Waals surface area (Å²) >= 11 is 1.38. The molecule has 3 heterocycles. The Kier molecular flexibility index (Phi) is 2.68. The Morgan fingerprint density at radius 3 is 3.06 bits per heavy atom. The fourth-order valence-electron chi connectivity index (χ4n) is 1.95. The summed E-state index contributed by atoms with van der Waals surface area (Å²) in [6.45, 7) is 2.12. The molecule has 0 N–H and O–H groups in total. The van der Waals surface area contributed by atoms with Crippen LogP contribution < -0.4 is 0 Å². The Balaban J connectivity index is 2.14. The van der Waals surface area contributed by atoms with E-state index in [0.717, 1.165) is 28.7 Å². The minimum atomic E-state index is 0.496. The molecule has 0 fully saturated rings. The van der Waals surface area contributed by atoms with Crippen LogP contribution in [0.15, 0.2) is 30.7 Å². The van der Waals surface area contributed by atoms with E-state index in [9.17, 15) is 4.79 Å². The van der Waals surface area contributed by atoms with Crippen LogP contribution in [0.5, 0.6) is 0 Å². The average Bonchev–Trinajstić information content (AvgIpc) is 3.04. The van der Waals surface area contributed by atoms with Gasteiger partial charge in [0.15, 0.2) is 11.3 Å². The van der Waals surface area contributed by atoms with Crippen molar-refractivity contribution in [1.82, 2.24) is 14.6 Å². The molecule has 0 spiro atoms. The van der Waals surface area contributed by atoms with Gasteiger partial charge in [0.1, 0.15) is 0 Å². The summed E-state index contributed by atoms with van der Waals surface area (Å²) < 4.78 is 1.87. The van der Waals surface area contributed by atoms with Gasteiger partial charge in [-0.2, -0.15) is 5.10 Å². The summed E-state index contributed by atoms with van der Waals surface area (Å²) in [5.74, 6) is 0. The van der Waals surface area contributed by atoms with Crippen molar-refractivity contribution in [3.8, 4) is 10.4 Å². The number of carbonyl (C=O) groups excluding carboxylic acids is 1. The third kappa shape index (κ3) is 1.73. The Bertz CT molecular complexity index is 714. The van der Waals surface area contributed by atoms with Crippen LogP contribution in [0.2, 0.25) is 0 Å². The number of hydrogen-bond acceptors (Lipinski definition) is 4. The van der Waals surface area contributed by atoms with Gasteiger partial charge in [-0.1, -0.05) is 6.92 Å². The van der Waals surface area contributed by atoms with E-state index in [0.29, 0.717) is 5.01 Å². The monoisotopic (exact) mass is 257 g/mol. The number of fused-ring (bicyclic) bond motifs is 1. The maximum Gasteiger partial charge on any atom is 0.178 e. The highest BCUT2D eigenvalue weighted by Crippen LogP contribution is 2.26. The van der Waals surface area contributed by atoms with Gasteiger partial charge in [0.05, 0.1) is 16.6 Å². The maximum absolute atomic E-state index is 10.7. The fourth-order valence-corrected chi connectivity index (χ4v) is 2.66. The first-order valence-electron chi connectivity index (χ1n) is 5.69. The Morgan fingerprint density at radius 2 is 2.33 bits per heavy atom. The minimum absolute atomic E-state index is 0.496. The summed E-state index contributed by atoms with van der Waals surface area (Å²) in [6, 6.07) is 4.17. The molecule has 4 nitrogen and oxygen atoms in total. The first kappa shape index (κ1) is 11.1. The zero-order valence-corrected chi connectivity index (χ0v) is 10.6. The molecule has 0 aromatic carbocycles. The molecule has 0 radical (unpaired) electrons. The van der Waals surface area contributed by atoms with E-state index in [4.69, 9.17) is 0 Å². The molecule has 0 aliphatic heterocycles. The Morgan fingerprint density at radius 1 is 1.44 bits per heavy atom. The molecule has 0 unspecified atom stereocenters. The second kappa shape index (κ2) is 4.34. The van der Waals surface area contributed by atoms with Crippen LogP contribution in [0, 0.1) is 0 Å². The lowest BCUT2D eigenvalue weighted by atomic mass is 10.2. The van der Waals surface area contributed by atoms with Gasteiger partial charge in [-0.05, 0) is 24.1 Å². The normalized spacial score (nSPS) is 10.9. The molecule has 3 rings (SSSR count). The van der Waals surface area contributed by atoms with Crippen molar-refractivity contribution < 1.29 is 4.79 Å². The van der Waals surface area contributed by atoms with Crippen LogP contribution in [0.1, 0.15) is 22.3 Å². The number of carbonyl (C=O) groups is 1. The summed E-state index contributed by atoms with van der Waals surface area (Å²) in [5.41, 5.74) is 3.38. The van der Waals surface area contributed by atoms with Crippen LogP contribution in [-0.4, -0.2) is 20.9 Å². The van der Waals surface area contributed by atoms with Crippen molar-refractivity contribution in [3.63, 3.8) is 0 Å². The predicted octanol–water partition coefficient (Wildman–Crippen LogP) is 2.83. The van der Waals surface area contributed by atoms with Crippen molar-refractivity contribution in [3.05, 3.63) is 41.3 Å². The number of rotatable bonds is 3. The number of nitrogens with zero attached hydrogens (tertiary/aromatic N) is 3. The third-order valence-electron chi connectivity index (χ3n) is 2.90. The van der Waals surface area contributed by atoms with E-state index in [-0.39, 0.29) is 0 Å². The van der Waals surface area contributed by atoms with E-state index in [1.54, 1.807) is 12.4 Å². The highest BCUT2D eigenvalue weighted by atomic mass is 32.1. The first-order chi connectivity index (χ1) is 8.81. The van der Waals surface area contributed by atoms with E-state index in [1.807, 2.05) is 10.7 Å². The van der Waals surface area contributed by atoms with Crippen molar-refractivity contribution in [2.45, 2.75) is 13.3 Å². The van der Waals surface area contributed by atoms with E-state index < -0.39 is 0 Å². The van der Waals surface area contributed by atoms with Gasteiger partial charge >= 0.3 is 0 Å². The zero-order valence-electron chi connectivity index (χ0n) is 9.83. The van der Waals surface area contributed by atoms with Crippen molar-refractivity contribution in [2.24, 2.45) is 0 Å². The molecule has 0 atom stereocenters. The highest BCUT2D eigenvalue weighted by molar-refractivity contribution is 7.16. The summed E-state index contributed by atoms with van der Waals surface area (Å²) in [6.07, 6.45) is 7.23. The molecule has 5 heteroatoms. The number of aldehydes is 1. The molecule has 0 aliphatic carbocycles. The number of aromatic nitrogens is 3. The van der Waals surface area contributed by atoms with Crippen LogP contribution in [-0.2, 0) is 6.42 Å². The molecular formula is C13H11N3OS. The number of hydrogen-bond donors (Lipinski definition) is 0. The van der Waals surface area contributed by atoms with Crippen LogP contribution >= 0.6 is 11.3 Å². The van der Waals surface area contributed by atoms with Gasteiger partial charge in [0.2, 0.25) is 0 Å².